The Balaban J connectivity index is 1.51. The van der Waals surface area contributed by atoms with Gasteiger partial charge in [0.05, 0.1) is 34.5 Å². The zero-order valence-electron chi connectivity index (χ0n) is 18.3. The Hall–Kier alpha value is -3.16. The van der Waals surface area contributed by atoms with Gasteiger partial charge in [-0.1, -0.05) is 23.8 Å². The van der Waals surface area contributed by atoms with Gasteiger partial charge in [0.1, 0.15) is 0 Å². The second-order valence-corrected chi connectivity index (χ2v) is 10.7. The number of nitrogens with two attached hydrogens (primary N) is 1. The lowest BCUT2D eigenvalue weighted by atomic mass is 10.0. The maximum atomic E-state index is 13.5. The van der Waals surface area contributed by atoms with E-state index in [0.717, 1.165) is 17.8 Å². The number of nitrogens with zero attached hydrogens (tertiary/aromatic N) is 3. The lowest BCUT2D eigenvalue weighted by Crippen LogP contribution is -2.29. The fourth-order valence-corrected chi connectivity index (χ4v) is 4.74. The molecule has 0 atom stereocenters. The summed E-state index contributed by atoms with van der Waals surface area (Å²) in [5.41, 5.74) is 1.28. The van der Waals surface area contributed by atoms with Gasteiger partial charge in [-0.3, -0.25) is 9.48 Å². The highest BCUT2D eigenvalue weighted by Crippen LogP contribution is 2.33. The van der Waals surface area contributed by atoms with Gasteiger partial charge < -0.3 is 5.32 Å². The number of amidine groups is 1. The quantitative estimate of drug-likeness (QED) is 0.479. The van der Waals surface area contributed by atoms with Crippen LogP contribution in [0.3, 0.4) is 0 Å². The van der Waals surface area contributed by atoms with Crippen LogP contribution in [-0.4, -0.2) is 41.6 Å². The number of hydrogen-bond acceptors (Lipinski definition) is 6. The number of alkyl halides is 3. The van der Waals surface area contributed by atoms with Crippen LogP contribution in [0.5, 0.6) is 0 Å². The smallest absolute Gasteiger partial charge is 0.363 e. The van der Waals surface area contributed by atoms with E-state index in [2.05, 4.69) is 15.4 Å². The second kappa shape index (κ2) is 9.47. The maximum absolute atomic E-state index is 13.5. The van der Waals surface area contributed by atoms with Gasteiger partial charge in [0, 0.05) is 11.9 Å². The molecule has 0 fully saturated rings. The van der Waals surface area contributed by atoms with Crippen molar-refractivity contribution >= 4 is 49.8 Å². The number of thioether (sulfide) groups is 1. The number of aromatic nitrogens is 2. The molecular formula is C22H20F3N5O3S2. The number of benzene rings is 2. The highest BCUT2D eigenvalue weighted by molar-refractivity contribution is 8.18. The summed E-state index contributed by atoms with van der Waals surface area (Å²) in [4.78, 5) is 16.4. The van der Waals surface area contributed by atoms with Crippen LogP contribution in [0.1, 0.15) is 22.3 Å². The number of sulfonamides is 1. The zero-order chi connectivity index (χ0) is 25.4. The number of carbonyl (C=O) groups is 1. The topological polar surface area (TPSA) is 119 Å². The van der Waals surface area contributed by atoms with E-state index in [-0.39, 0.29) is 29.6 Å². The van der Waals surface area contributed by atoms with Crippen molar-refractivity contribution in [2.24, 2.45) is 10.1 Å². The summed E-state index contributed by atoms with van der Waals surface area (Å²) >= 11 is 1.07. The number of halogens is 3. The van der Waals surface area contributed by atoms with Gasteiger partial charge >= 0.3 is 6.18 Å². The number of amides is 1. The van der Waals surface area contributed by atoms with Crippen LogP contribution in [-0.2, 0) is 27.5 Å². The summed E-state index contributed by atoms with van der Waals surface area (Å²) < 4.78 is 64.0. The predicted molar refractivity (Wildman–Crippen MR) is 129 cm³/mol. The Kier molecular flexibility index (Phi) is 6.75. The van der Waals surface area contributed by atoms with Gasteiger partial charge in [-0.05, 0) is 54.1 Å². The lowest BCUT2D eigenvalue weighted by Gasteiger charge is -2.14. The molecule has 2 heterocycles. The third kappa shape index (κ3) is 6.10. The Morgan fingerprint density at radius 3 is 2.69 bits per heavy atom. The molecule has 2 aromatic carbocycles. The molecule has 0 spiro atoms. The Morgan fingerprint density at radius 2 is 1.97 bits per heavy atom. The van der Waals surface area contributed by atoms with E-state index in [4.69, 9.17) is 5.14 Å². The van der Waals surface area contributed by atoms with E-state index >= 15 is 0 Å². The van der Waals surface area contributed by atoms with E-state index in [1.807, 2.05) is 0 Å². The van der Waals surface area contributed by atoms with E-state index in [0.29, 0.717) is 26.9 Å². The highest BCUT2D eigenvalue weighted by atomic mass is 32.2. The van der Waals surface area contributed by atoms with Crippen molar-refractivity contribution in [2.75, 3.05) is 12.3 Å². The van der Waals surface area contributed by atoms with E-state index in [9.17, 15) is 26.4 Å². The number of carbonyl (C=O) groups excluding carboxylic acids is 1. The molecule has 184 valence electrons. The number of primary sulfonamides is 1. The molecule has 0 saturated heterocycles. The first-order chi connectivity index (χ1) is 16.4. The Labute approximate surface area is 203 Å². The average molecular weight is 524 g/mol. The van der Waals surface area contributed by atoms with Gasteiger partial charge in [0.15, 0.2) is 5.17 Å². The molecule has 1 aliphatic rings. The molecule has 0 bridgehead atoms. The summed E-state index contributed by atoms with van der Waals surface area (Å²) in [7, 11) is -3.63. The van der Waals surface area contributed by atoms with Crippen molar-refractivity contribution in [3.63, 3.8) is 0 Å². The molecule has 0 unspecified atom stereocenters. The van der Waals surface area contributed by atoms with E-state index < -0.39 is 27.7 Å². The summed E-state index contributed by atoms with van der Waals surface area (Å²) in [6.07, 6.45) is -1.29. The third-order valence-corrected chi connectivity index (χ3v) is 6.85. The number of aliphatic imine (C=N–C) groups is 1. The number of nitrogens with one attached hydrogen (secondary N) is 1. The SMILES string of the molecule is Cc1ccc(Cn2ncc3cc(/C=C4\SC(NCCS(N)(=O)=O)=NC4=O)ccc32)c(C(F)(F)F)c1. The van der Waals surface area contributed by atoms with Gasteiger partial charge in [0.2, 0.25) is 10.0 Å². The lowest BCUT2D eigenvalue weighted by molar-refractivity contribution is -0.138. The van der Waals surface area contributed by atoms with Crippen LogP contribution in [0.15, 0.2) is 52.5 Å². The van der Waals surface area contributed by atoms with Crippen molar-refractivity contribution < 1.29 is 26.4 Å². The normalized spacial score (nSPS) is 15.7. The number of hydrogen-bond donors (Lipinski definition) is 2. The van der Waals surface area contributed by atoms with Gasteiger partial charge in [0.25, 0.3) is 5.91 Å². The highest BCUT2D eigenvalue weighted by Gasteiger charge is 2.33. The predicted octanol–water partition coefficient (Wildman–Crippen LogP) is 3.26. The molecule has 13 heteroatoms. The molecule has 3 N–H and O–H groups in total. The van der Waals surface area contributed by atoms with E-state index in [1.54, 1.807) is 43.5 Å². The van der Waals surface area contributed by atoms with Crippen LogP contribution in [0.4, 0.5) is 13.2 Å². The average Bonchev–Trinajstić information content (AvgIpc) is 3.30. The fraction of sp³-hybridized carbons (Fsp3) is 0.227. The van der Waals surface area contributed by atoms with Crippen LogP contribution >= 0.6 is 11.8 Å². The first-order valence-corrected chi connectivity index (χ1v) is 12.8. The molecule has 3 aromatic rings. The third-order valence-electron chi connectivity index (χ3n) is 5.14. The summed E-state index contributed by atoms with van der Waals surface area (Å²) in [5, 5.41) is 12.9. The standard InChI is InChI=1S/C22H20F3N5O3S2/c1-13-2-4-15(17(8-13)22(23,24)25)12-30-18-5-3-14(9-16(18)11-28-30)10-19-20(31)29-21(34-19)27-6-7-35(26,32)33/h2-5,8-11H,6-7,12H2,1H3,(H2,26,32,33)(H,27,29,31)/b19-10-. The molecule has 1 aliphatic heterocycles. The maximum Gasteiger partial charge on any atom is 0.416 e. The molecule has 1 amide bonds. The number of rotatable bonds is 6. The van der Waals surface area contributed by atoms with Crippen molar-refractivity contribution in [1.29, 1.82) is 0 Å². The molecule has 0 saturated carbocycles. The van der Waals surface area contributed by atoms with Gasteiger partial charge in [-0.15, -0.1) is 0 Å². The minimum absolute atomic E-state index is 0.0212. The van der Waals surface area contributed by atoms with Crippen molar-refractivity contribution in [3.8, 4) is 0 Å². The Morgan fingerprint density at radius 1 is 1.20 bits per heavy atom. The van der Waals surface area contributed by atoms with Gasteiger partial charge in [-0.25, -0.2) is 13.6 Å². The Bertz CT molecular complexity index is 1480. The van der Waals surface area contributed by atoms with E-state index in [1.165, 1.54) is 10.7 Å². The van der Waals surface area contributed by atoms with Crippen LogP contribution in [0.2, 0.25) is 0 Å². The van der Waals surface area contributed by atoms with Crippen LogP contribution in [0.25, 0.3) is 17.0 Å². The minimum Gasteiger partial charge on any atom is -0.363 e. The molecule has 0 aliphatic carbocycles. The molecule has 0 radical (unpaired) electrons. The summed E-state index contributed by atoms with van der Waals surface area (Å²) in [6.45, 7) is 1.59. The molecule has 4 rings (SSSR count). The van der Waals surface area contributed by atoms with Crippen molar-refractivity contribution in [3.05, 3.63) is 69.8 Å². The first-order valence-electron chi connectivity index (χ1n) is 10.3. The zero-order valence-corrected chi connectivity index (χ0v) is 20.0. The second-order valence-electron chi connectivity index (χ2n) is 7.91. The monoisotopic (exact) mass is 523 g/mol. The van der Waals surface area contributed by atoms with Gasteiger partial charge in [-0.2, -0.15) is 23.3 Å². The summed E-state index contributed by atoms with van der Waals surface area (Å²) in [5.74, 6) is -0.768. The minimum atomic E-state index is -4.47. The molecule has 35 heavy (non-hydrogen) atoms. The van der Waals surface area contributed by atoms with Crippen molar-refractivity contribution in [1.82, 2.24) is 15.1 Å². The number of fused-ring (bicyclic) bond motifs is 1. The molecular weight excluding hydrogens is 503 g/mol. The molecule has 1 aromatic heterocycles. The first kappa shape index (κ1) is 24.9. The largest absolute Gasteiger partial charge is 0.416 e. The van der Waals surface area contributed by atoms with Crippen molar-refractivity contribution in [2.45, 2.75) is 19.6 Å². The summed E-state index contributed by atoms with van der Waals surface area (Å²) in [6, 6.07) is 9.45. The fourth-order valence-electron chi connectivity index (χ4n) is 3.51. The van der Waals surface area contributed by atoms with Crippen LogP contribution in [0, 0.1) is 6.92 Å². The van der Waals surface area contributed by atoms with Crippen LogP contribution < -0.4 is 10.5 Å². The number of aryl methyl sites for hydroxylation is 1. The molecule has 8 nitrogen and oxygen atoms in total.